The number of aromatic nitrogens is 2. The number of hydrogen-bond donors (Lipinski definition) is 3. The molecular weight excluding hydrogens is 302 g/mol. The van der Waals surface area contributed by atoms with Crippen LogP contribution in [0.1, 0.15) is 29.8 Å². The number of amides is 1. The number of nitrogens with zero attached hydrogens (tertiary/aromatic N) is 1. The van der Waals surface area contributed by atoms with E-state index in [2.05, 4.69) is 15.5 Å². The fraction of sp³-hybridized carbons (Fsp3) is 0.158. The third kappa shape index (κ3) is 3.46. The summed E-state index contributed by atoms with van der Waals surface area (Å²) in [5, 5.41) is 20.6. The standard InChI is InChI=1S/C19H19N3O2/c1-12(15-4-3-5-16(23)11-15)20-19(24)9-7-14-6-8-18-17(10-14)13(2)21-22-18/h3-12,23H,1-2H3,(H,20,24)(H,21,22)/b9-7+/t12-/m0/s1. The number of H-pyrrole nitrogens is 1. The third-order valence-electron chi connectivity index (χ3n) is 3.93. The first-order chi connectivity index (χ1) is 11.5. The van der Waals surface area contributed by atoms with Gasteiger partial charge in [-0.3, -0.25) is 9.89 Å². The van der Waals surface area contributed by atoms with Gasteiger partial charge < -0.3 is 10.4 Å². The van der Waals surface area contributed by atoms with Gasteiger partial charge in [0, 0.05) is 11.5 Å². The Morgan fingerprint density at radius 1 is 1.29 bits per heavy atom. The van der Waals surface area contributed by atoms with Crippen LogP contribution >= 0.6 is 0 Å². The number of hydrogen-bond acceptors (Lipinski definition) is 3. The van der Waals surface area contributed by atoms with E-state index in [1.54, 1.807) is 24.3 Å². The number of fused-ring (bicyclic) bond motifs is 1. The Balaban J connectivity index is 1.68. The van der Waals surface area contributed by atoms with Crippen LogP contribution in [0.5, 0.6) is 5.75 Å². The minimum Gasteiger partial charge on any atom is -0.508 e. The van der Waals surface area contributed by atoms with E-state index in [-0.39, 0.29) is 17.7 Å². The Labute approximate surface area is 140 Å². The second-order valence-corrected chi connectivity index (χ2v) is 5.77. The summed E-state index contributed by atoms with van der Waals surface area (Å²) in [5.41, 5.74) is 3.70. The lowest BCUT2D eigenvalue weighted by Crippen LogP contribution is -2.24. The van der Waals surface area contributed by atoms with E-state index in [1.807, 2.05) is 38.1 Å². The van der Waals surface area contributed by atoms with E-state index >= 15 is 0 Å². The summed E-state index contributed by atoms with van der Waals surface area (Å²) in [4.78, 5) is 12.1. The van der Waals surface area contributed by atoms with Gasteiger partial charge in [-0.05, 0) is 55.3 Å². The molecule has 0 aliphatic rings. The fourth-order valence-corrected chi connectivity index (χ4v) is 2.58. The summed E-state index contributed by atoms with van der Waals surface area (Å²) in [6.45, 7) is 3.82. The smallest absolute Gasteiger partial charge is 0.244 e. The van der Waals surface area contributed by atoms with Gasteiger partial charge in [0.05, 0.1) is 17.3 Å². The van der Waals surface area contributed by atoms with Crippen molar-refractivity contribution in [3.05, 3.63) is 65.4 Å². The van der Waals surface area contributed by atoms with Crippen molar-refractivity contribution in [2.24, 2.45) is 0 Å². The van der Waals surface area contributed by atoms with Gasteiger partial charge in [-0.25, -0.2) is 0 Å². The maximum absolute atomic E-state index is 12.1. The molecule has 5 nitrogen and oxygen atoms in total. The number of nitrogens with one attached hydrogen (secondary N) is 2. The highest BCUT2D eigenvalue weighted by molar-refractivity contribution is 5.93. The first-order valence-corrected chi connectivity index (χ1v) is 7.75. The molecular formula is C19H19N3O2. The quantitative estimate of drug-likeness (QED) is 0.644. The summed E-state index contributed by atoms with van der Waals surface area (Å²) >= 11 is 0. The predicted molar refractivity (Wildman–Crippen MR) is 94.5 cm³/mol. The summed E-state index contributed by atoms with van der Waals surface area (Å²) in [6.07, 6.45) is 3.28. The number of aromatic amines is 1. The topological polar surface area (TPSA) is 78.0 Å². The SMILES string of the molecule is Cc1n[nH]c2ccc(/C=C/C(=O)N[C@@H](C)c3cccc(O)c3)cc12. The highest BCUT2D eigenvalue weighted by Gasteiger charge is 2.08. The fourth-order valence-electron chi connectivity index (χ4n) is 2.58. The number of phenolic OH excluding ortho intramolecular Hbond substituents is 1. The van der Waals surface area contributed by atoms with Crippen molar-refractivity contribution >= 4 is 22.9 Å². The summed E-state index contributed by atoms with van der Waals surface area (Å²) in [7, 11) is 0. The van der Waals surface area contributed by atoms with Crippen LogP contribution in [0, 0.1) is 6.92 Å². The van der Waals surface area contributed by atoms with Crippen molar-refractivity contribution in [2.45, 2.75) is 19.9 Å². The van der Waals surface area contributed by atoms with Crippen LogP contribution in [0.2, 0.25) is 0 Å². The molecule has 0 radical (unpaired) electrons. The lowest BCUT2D eigenvalue weighted by atomic mass is 10.1. The average molecular weight is 321 g/mol. The number of aromatic hydroxyl groups is 1. The molecule has 0 fully saturated rings. The van der Waals surface area contributed by atoms with E-state index in [0.717, 1.165) is 27.7 Å². The van der Waals surface area contributed by atoms with E-state index < -0.39 is 0 Å². The van der Waals surface area contributed by atoms with Gasteiger partial charge in [0.2, 0.25) is 5.91 Å². The number of benzene rings is 2. The maximum Gasteiger partial charge on any atom is 0.244 e. The highest BCUT2D eigenvalue weighted by atomic mass is 16.3. The van der Waals surface area contributed by atoms with Crippen LogP contribution in [-0.2, 0) is 4.79 Å². The molecule has 0 bridgehead atoms. The summed E-state index contributed by atoms with van der Waals surface area (Å²) in [6, 6.07) is 12.6. The van der Waals surface area contributed by atoms with E-state index in [0.29, 0.717) is 0 Å². The number of phenols is 1. The van der Waals surface area contributed by atoms with Crippen LogP contribution in [0.15, 0.2) is 48.5 Å². The Kier molecular flexibility index (Phi) is 4.33. The normalized spacial score (nSPS) is 12.6. The molecule has 1 amide bonds. The molecule has 122 valence electrons. The second kappa shape index (κ2) is 6.58. The third-order valence-corrected chi connectivity index (χ3v) is 3.93. The molecule has 0 saturated heterocycles. The van der Waals surface area contributed by atoms with Crippen molar-refractivity contribution in [3.8, 4) is 5.75 Å². The number of aryl methyl sites for hydroxylation is 1. The molecule has 3 rings (SSSR count). The van der Waals surface area contributed by atoms with Gasteiger partial charge in [-0.15, -0.1) is 0 Å². The molecule has 2 aromatic carbocycles. The molecule has 3 aromatic rings. The van der Waals surface area contributed by atoms with Crippen molar-refractivity contribution in [2.75, 3.05) is 0 Å². The molecule has 0 unspecified atom stereocenters. The predicted octanol–water partition coefficient (Wildman–Crippen LogP) is 3.47. The number of rotatable bonds is 4. The molecule has 5 heteroatoms. The second-order valence-electron chi connectivity index (χ2n) is 5.77. The molecule has 0 aliphatic heterocycles. The van der Waals surface area contributed by atoms with Gasteiger partial charge in [0.25, 0.3) is 0 Å². The first-order valence-electron chi connectivity index (χ1n) is 7.75. The number of carbonyl (C=O) groups excluding carboxylic acids is 1. The van der Waals surface area contributed by atoms with Crippen LogP contribution < -0.4 is 5.32 Å². The average Bonchev–Trinajstić information content (AvgIpc) is 2.94. The molecule has 0 saturated carbocycles. The minimum absolute atomic E-state index is 0.185. The van der Waals surface area contributed by atoms with Crippen LogP contribution in [0.25, 0.3) is 17.0 Å². The number of carbonyl (C=O) groups is 1. The molecule has 1 aromatic heterocycles. The molecule has 24 heavy (non-hydrogen) atoms. The zero-order valence-electron chi connectivity index (χ0n) is 13.6. The van der Waals surface area contributed by atoms with Crippen molar-refractivity contribution in [3.63, 3.8) is 0 Å². The molecule has 1 atom stereocenters. The molecule has 1 heterocycles. The van der Waals surface area contributed by atoms with Crippen molar-refractivity contribution in [1.82, 2.24) is 15.5 Å². The lowest BCUT2D eigenvalue weighted by molar-refractivity contribution is -0.117. The van der Waals surface area contributed by atoms with Gasteiger partial charge in [0.15, 0.2) is 0 Å². The van der Waals surface area contributed by atoms with Gasteiger partial charge in [-0.2, -0.15) is 5.10 Å². The monoisotopic (exact) mass is 321 g/mol. The Hall–Kier alpha value is -3.08. The molecule has 0 aliphatic carbocycles. The van der Waals surface area contributed by atoms with Gasteiger partial charge in [0.1, 0.15) is 5.75 Å². The van der Waals surface area contributed by atoms with Crippen molar-refractivity contribution in [1.29, 1.82) is 0 Å². The maximum atomic E-state index is 12.1. The van der Waals surface area contributed by atoms with Crippen LogP contribution in [0.3, 0.4) is 0 Å². The van der Waals surface area contributed by atoms with Crippen LogP contribution in [-0.4, -0.2) is 21.2 Å². The largest absolute Gasteiger partial charge is 0.508 e. The highest BCUT2D eigenvalue weighted by Crippen LogP contribution is 2.19. The molecule has 3 N–H and O–H groups in total. The Morgan fingerprint density at radius 2 is 2.12 bits per heavy atom. The van der Waals surface area contributed by atoms with E-state index in [4.69, 9.17) is 0 Å². The van der Waals surface area contributed by atoms with Crippen molar-refractivity contribution < 1.29 is 9.90 Å². The summed E-state index contributed by atoms with van der Waals surface area (Å²) in [5.74, 6) is 0.00257. The zero-order valence-corrected chi connectivity index (χ0v) is 13.6. The Bertz CT molecular complexity index is 912. The minimum atomic E-state index is -0.187. The van der Waals surface area contributed by atoms with E-state index in [1.165, 1.54) is 6.08 Å². The van der Waals surface area contributed by atoms with E-state index in [9.17, 15) is 9.90 Å². The first kappa shape index (κ1) is 15.8. The summed E-state index contributed by atoms with van der Waals surface area (Å²) < 4.78 is 0. The zero-order chi connectivity index (χ0) is 17.1. The lowest BCUT2D eigenvalue weighted by Gasteiger charge is -2.13. The molecule has 0 spiro atoms. The van der Waals surface area contributed by atoms with Gasteiger partial charge >= 0.3 is 0 Å². The Morgan fingerprint density at radius 3 is 2.92 bits per heavy atom. The van der Waals surface area contributed by atoms with Gasteiger partial charge in [-0.1, -0.05) is 18.2 Å². The van der Waals surface area contributed by atoms with Crippen LogP contribution in [0.4, 0.5) is 0 Å².